The molecule has 1 saturated heterocycles. The Morgan fingerprint density at radius 2 is 2.08 bits per heavy atom. The molecule has 1 aromatic heterocycles. The summed E-state index contributed by atoms with van der Waals surface area (Å²) in [6.45, 7) is -6.95. The number of piperidine rings is 1. The van der Waals surface area contributed by atoms with E-state index in [2.05, 4.69) is 10.2 Å². The summed E-state index contributed by atoms with van der Waals surface area (Å²) in [7, 11) is 0. The molecule has 1 aliphatic heterocycles. The number of rotatable bonds is 1. The summed E-state index contributed by atoms with van der Waals surface area (Å²) >= 11 is 0. The average molecular weight is 190 g/mol. The fourth-order valence-electron chi connectivity index (χ4n) is 0.705. The van der Waals surface area contributed by atoms with Gasteiger partial charge < -0.3 is 10.6 Å². The lowest BCUT2D eigenvalue weighted by atomic mass is 10.1. The van der Waals surface area contributed by atoms with Crippen LogP contribution in [0.2, 0.25) is 0 Å². The maximum Gasteiger partial charge on any atom is 0.151 e. The normalized spacial score (nSPS) is 50.3. The zero-order chi connectivity index (χ0) is 19.8. The largest absolute Gasteiger partial charge is 0.382 e. The molecule has 0 amide bonds. The van der Waals surface area contributed by atoms with Gasteiger partial charge >= 0.3 is 0 Å². The van der Waals surface area contributed by atoms with Crippen LogP contribution in [0.3, 0.4) is 0 Å². The molecule has 1 aromatic rings. The Morgan fingerprint density at radius 1 is 1.31 bits per heavy atom. The van der Waals surface area contributed by atoms with Gasteiger partial charge in [-0.1, -0.05) is 0 Å². The highest BCUT2D eigenvalue weighted by atomic mass is 15.3. The molecule has 1 aliphatic rings. The zero-order valence-corrected chi connectivity index (χ0v) is 6.42. The number of nitrogen functional groups attached to an aromatic ring is 1. The lowest BCUT2D eigenvalue weighted by Crippen LogP contribution is -2.30. The standard InChI is InChI=1S/C9H14N4/c10-8-4-5-9(12-11-8)13-6-2-1-3-7-13/h4-5H,1-3,6-7H2,(H2,10,11)/i1D2,2D2,3D2,4D,5D,6D2,7D2. The minimum atomic E-state index is -3.57. The predicted molar refractivity (Wildman–Crippen MR) is 52.5 cm³/mol. The Morgan fingerprint density at radius 3 is 2.85 bits per heavy atom. The summed E-state index contributed by atoms with van der Waals surface area (Å²) < 4.78 is 93.8. The summed E-state index contributed by atoms with van der Waals surface area (Å²) in [5.41, 5.74) is 5.31. The van der Waals surface area contributed by atoms with Crippen LogP contribution >= 0.6 is 0 Å². The molecule has 13 heavy (non-hydrogen) atoms. The van der Waals surface area contributed by atoms with Crippen LogP contribution in [0.4, 0.5) is 11.6 Å². The summed E-state index contributed by atoms with van der Waals surface area (Å²) in [5, 5.41) is 6.62. The van der Waals surface area contributed by atoms with Gasteiger partial charge in [-0.25, -0.2) is 0 Å². The van der Waals surface area contributed by atoms with E-state index in [0.29, 0.717) is 0 Å². The Bertz CT molecular complexity index is 687. The minimum absolute atomic E-state index is 0.117. The first-order chi connectivity index (χ1) is 11.0. The lowest BCUT2D eigenvalue weighted by molar-refractivity contribution is 0.571. The number of hydrogen-bond donors (Lipinski definition) is 1. The second-order valence-electron chi connectivity index (χ2n) is 2.09. The number of aromatic nitrogens is 2. The van der Waals surface area contributed by atoms with Gasteiger partial charge in [-0.05, 0) is 31.2 Å². The third-order valence-electron chi connectivity index (χ3n) is 1.23. The molecule has 2 heterocycles. The fourth-order valence-corrected chi connectivity index (χ4v) is 0.705. The molecule has 1 fully saturated rings. The fraction of sp³-hybridized carbons (Fsp3) is 0.556. The van der Waals surface area contributed by atoms with Gasteiger partial charge in [0.15, 0.2) is 5.82 Å². The van der Waals surface area contributed by atoms with Gasteiger partial charge in [0, 0.05) is 26.7 Å². The van der Waals surface area contributed by atoms with Crippen LogP contribution in [-0.2, 0) is 0 Å². The van der Waals surface area contributed by atoms with Crippen molar-refractivity contribution in [3.05, 3.63) is 12.1 Å². The van der Waals surface area contributed by atoms with Gasteiger partial charge in [0.25, 0.3) is 0 Å². The third kappa shape index (κ3) is 1.88. The second-order valence-corrected chi connectivity index (χ2v) is 2.09. The van der Waals surface area contributed by atoms with Gasteiger partial charge in [0.2, 0.25) is 0 Å². The van der Waals surface area contributed by atoms with Crippen LogP contribution in [0.15, 0.2) is 12.1 Å². The molecule has 0 aromatic carbocycles. The molecule has 0 saturated carbocycles. The molecule has 4 nitrogen and oxygen atoms in total. The van der Waals surface area contributed by atoms with Crippen molar-refractivity contribution in [2.75, 3.05) is 23.6 Å². The first-order valence-corrected chi connectivity index (χ1v) is 3.36. The van der Waals surface area contributed by atoms with Gasteiger partial charge in [0.1, 0.15) is 5.82 Å². The summed E-state index contributed by atoms with van der Waals surface area (Å²) in [4.78, 5) is -0.117. The molecular formula is C9H14N4. The van der Waals surface area contributed by atoms with Crippen molar-refractivity contribution in [3.63, 3.8) is 0 Å². The molecule has 2 rings (SSSR count). The van der Waals surface area contributed by atoms with Crippen LogP contribution in [0.5, 0.6) is 0 Å². The van der Waals surface area contributed by atoms with Crippen molar-refractivity contribution < 1.29 is 16.4 Å². The zero-order valence-electron chi connectivity index (χ0n) is 18.4. The maximum atomic E-state index is 7.96. The number of anilines is 2. The van der Waals surface area contributed by atoms with E-state index in [1.807, 2.05) is 0 Å². The maximum absolute atomic E-state index is 7.96. The van der Waals surface area contributed by atoms with E-state index in [1.54, 1.807) is 0 Å². The van der Waals surface area contributed by atoms with E-state index in [-0.39, 0.29) is 4.90 Å². The SMILES string of the molecule is [2H]c1c(N)nnc(N2C([2H])([2H])C([2H])([2H])C([2H])([2H])C([2H])([2H])C2([2H])[2H])c1[2H]. The molecule has 0 radical (unpaired) electrons. The molecule has 0 spiro atoms. The predicted octanol–water partition coefficient (Wildman–Crippen LogP) is 1.05. The lowest BCUT2D eigenvalue weighted by Gasteiger charge is -2.26. The van der Waals surface area contributed by atoms with Crippen molar-refractivity contribution in [1.29, 1.82) is 0 Å². The van der Waals surface area contributed by atoms with E-state index in [0.717, 1.165) is 0 Å². The van der Waals surface area contributed by atoms with Crippen LogP contribution in [0, 0.1) is 0 Å². The van der Waals surface area contributed by atoms with E-state index in [1.165, 1.54) is 0 Å². The highest BCUT2D eigenvalue weighted by Gasteiger charge is 2.11. The molecule has 0 unspecified atom stereocenters. The quantitative estimate of drug-likeness (QED) is 0.719. The molecule has 0 aliphatic carbocycles. The average Bonchev–Trinajstić information content (AvgIpc) is 2.45. The van der Waals surface area contributed by atoms with Crippen molar-refractivity contribution >= 4 is 11.6 Å². The van der Waals surface area contributed by atoms with E-state index in [4.69, 9.17) is 22.2 Å². The van der Waals surface area contributed by atoms with E-state index in [9.17, 15) is 0 Å². The molecule has 70 valence electrons. The van der Waals surface area contributed by atoms with Gasteiger partial charge in [-0.3, -0.25) is 0 Å². The second kappa shape index (κ2) is 3.60. The molecular weight excluding hydrogens is 164 g/mol. The van der Waals surface area contributed by atoms with Crippen molar-refractivity contribution in [1.82, 2.24) is 10.2 Å². The monoisotopic (exact) mass is 190 g/mol. The first kappa shape index (κ1) is 2.19. The highest BCUT2D eigenvalue weighted by Crippen LogP contribution is 2.16. The van der Waals surface area contributed by atoms with Crippen LogP contribution in [-0.4, -0.2) is 23.2 Å². The van der Waals surface area contributed by atoms with Crippen molar-refractivity contribution in [3.8, 4) is 0 Å². The Hall–Kier alpha value is -1.32. The minimum Gasteiger partial charge on any atom is -0.382 e. The molecule has 0 atom stereocenters. The topological polar surface area (TPSA) is 55.0 Å². The summed E-state index contributed by atoms with van der Waals surface area (Å²) in [6.07, 6.45) is -10.7. The van der Waals surface area contributed by atoms with Crippen LogP contribution in [0.1, 0.15) is 35.6 Å². The number of nitrogens with zero attached hydrogens (tertiary/aromatic N) is 3. The molecule has 0 bridgehead atoms. The van der Waals surface area contributed by atoms with Gasteiger partial charge in [-0.15, -0.1) is 10.2 Å². The third-order valence-corrected chi connectivity index (χ3v) is 1.23. The number of nitrogens with two attached hydrogens (primary N) is 1. The smallest absolute Gasteiger partial charge is 0.151 e. The number of hydrogen-bond acceptors (Lipinski definition) is 4. The summed E-state index contributed by atoms with van der Waals surface area (Å²) in [5.74, 6) is -1.47. The molecule has 2 N–H and O–H groups in total. The van der Waals surface area contributed by atoms with E-state index < -0.39 is 55.8 Å². The Kier molecular flexibility index (Phi) is 0.605. The Balaban J connectivity index is 2.87. The van der Waals surface area contributed by atoms with Gasteiger partial charge in [-0.2, -0.15) is 0 Å². The Labute approximate surface area is 94.6 Å². The van der Waals surface area contributed by atoms with Crippen LogP contribution in [0.25, 0.3) is 0 Å². The van der Waals surface area contributed by atoms with E-state index >= 15 is 0 Å². The van der Waals surface area contributed by atoms with Gasteiger partial charge in [0.05, 0.1) is 2.74 Å². The summed E-state index contributed by atoms with van der Waals surface area (Å²) in [6, 6.07) is -1.62. The first-order valence-electron chi connectivity index (χ1n) is 9.36. The van der Waals surface area contributed by atoms with Crippen molar-refractivity contribution in [2.24, 2.45) is 0 Å². The molecule has 4 heteroatoms. The van der Waals surface area contributed by atoms with Crippen LogP contribution < -0.4 is 10.6 Å². The van der Waals surface area contributed by atoms with Crippen molar-refractivity contribution in [2.45, 2.75) is 19.1 Å². The highest BCUT2D eigenvalue weighted by molar-refractivity contribution is 5.41.